The monoisotopic (exact) mass is 502 g/mol. The third-order valence-electron chi connectivity index (χ3n) is 5.76. The Labute approximate surface area is 190 Å². The fraction of sp³-hybridized carbons (Fsp3) is 0.350. The molecule has 8 nitrogen and oxygen atoms in total. The number of hydrogen-bond donors (Lipinski definition) is 2. The molecule has 0 atom stereocenters. The molecule has 2 aromatic rings. The highest BCUT2D eigenvalue weighted by Crippen LogP contribution is 2.36. The number of carboxylic acid groups (broad SMARTS) is 1. The van der Waals surface area contributed by atoms with Crippen LogP contribution in [0.5, 0.6) is 0 Å². The molecule has 2 heterocycles. The Hall–Kier alpha value is -2.21. The smallest absolute Gasteiger partial charge is 0.407 e. The summed E-state index contributed by atoms with van der Waals surface area (Å²) in [7, 11) is -8.37. The van der Waals surface area contributed by atoms with Crippen molar-refractivity contribution in [1.29, 1.82) is 0 Å². The van der Waals surface area contributed by atoms with E-state index in [2.05, 4.69) is 4.72 Å². The predicted molar refractivity (Wildman–Crippen MR) is 114 cm³/mol. The number of likely N-dealkylation sites (tertiary alicyclic amines) is 1. The molecule has 172 valence electrons. The number of hydrogen-bond acceptors (Lipinski definition) is 5. The number of nitrogens with zero attached hydrogens (tertiary/aromatic N) is 1. The average Bonchev–Trinajstić information content (AvgIpc) is 2.82. The zero-order valence-electron chi connectivity index (χ0n) is 16.7. The second-order valence-electron chi connectivity index (χ2n) is 7.81. The second-order valence-corrected chi connectivity index (χ2v) is 11.8. The molecule has 4 rings (SSSR count). The molecule has 1 fully saturated rings. The molecule has 2 aliphatic heterocycles. The quantitative estimate of drug-likeness (QED) is 0.665. The molecule has 32 heavy (non-hydrogen) atoms. The predicted octanol–water partition coefficient (Wildman–Crippen LogP) is 2.83. The van der Waals surface area contributed by atoms with Crippen LogP contribution in [0.25, 0.3) is 0 Å². The van der Waals surface area contributed by atoms with Crippen molar-refractivity contribution in [2.75, 3.05) is 13.1 Å². The van der Waals surface area contributed by atoms with E-state index in [4.69, 9.17) is 16.7 Å². The maximum Gasteiger partial charge on any atom is 0.407 e. The molecule has 1 amide bonds. The fourth-order valence-corrected chi connectivity index (χ4v) is 7.83. The van der Waals surface area contributed by atoms with Crippen LogP contribution in [0.4, 0.5) is 9.18 Å². The van der Waals surface area contributed by atoms with Gasteiger partial charge in [-0.15, -0.1) is 0 Å². The number of fused-ring (bicyclic) bond motifs is 2. The van der Waals surface area contributed by atoms with Crippen molar-refractivity contribution in [1.82, 2.24) is 9.62 Å². The SMILES string of the molecule is O=C(O)N1CCC(NS(=O)(=O)c2cc3c(cc2Cl)CCc2ccc(F)cc2S3(=O)=O)CC1. The summed E-state index contributed by atoms with van der Waals surface area (Å²) in [6, 6.07) is 5.39. The Morgan fingerprint density at radius 1 is 1.09 bits per heavy atom. The normalized spacial score (nSPS) is 18.5. The van der Waals surface area contributed by atoms with E-state index < -0.39 is 37.8 Å². The van der Waals surface area contributed by atoms with E-state index in [-0.39, 0.29) is 45.6 Å². The van der Waals surface area contributed by atoms with Gasteiger partial charge in [0, 0.05) is 19.1 Å². The van der Waals surface area contributed by atoms with Crippen molar-refractivity contribution < 1.29 is 31.1 Å². The van der Waals surface area contributed by atoms with E-state index in [1.165, 1.54) is 23.1 Å². The summed E-state index contributed by atoms with van der Waals surface area (Å²) >= 11 is 6.25. The maximum atomic E-state index is 13.8. The van der Waals surface area contributed by atoms with E-state index in [1.54, 1.807) is 0 Å². The van der Waals surface area contributed by atoms with Gasteiger partial charge in [0.05, 0.1) is 14.8 Å². The van der Waals surface area contributed by atoms with Crippen LogP contribution in [0.15, 0.2) is 45.0 Å². The molecule has 1 saturated heterocycles. The van der Waals surface area contributed by atoms with Gasteiger partial charge in [-0.2, -0.15) is 0 Å². The number of halogens is 2. The first-order chi connectivity index (χ1) is 15.0. The second kappa shape index (κ2) is 8.29. The first-order valence-corrected chi connectivity index (χ1v) is 13.2. The molecule has 0 aliphatic carbocycles. The number of aryl methyl sites for hydroxylation is 2. The topological polar surface area (TPSA) is 121 Å². The summed E-state index contributed by atoms with van der Waals surface area (Å²) in [6.45, 7) is 0.355. The molecule has 0 saturated carbocycles. The zero-order chi connectivity index (χ0) is 23.3. The number of sulfone groups is 1. The van der Waals surface area contributed by atoms with Gasteiger partial charge >= 0.3 is 6.09 Å². The van der Waals surface area contributed by atoms with Gasteiger partial charge in [0.25, 0.3) is 0 Å². The molecule has 0 bridgehead atoms. The number of piperidine rings is 1. The van der Waals surface area contributed by atoms with Crippen molar-refractivity contribution in [2.24, 2.45) is 0 Å². The van der Waals surface area contributed by atoms with Crippen LogP contribution in [0.3, 0.4) is 0 Å². The van der Waals surface area contributed by atoms with Crippen LogP contribution in [0.1, 0.15) is 24.0 Å². The van der Waals surface area contributed by atoms with Crippen molar-refractivity contribution in [3.8, 4) is 0 Å². The molecule has 12 heteroatoms. The Kier molecular flexibility index (Phi) is 5.95. The van der Waals surface area contributed by atoms with Crippen molar-refractivity contribution in [3.63, 3.8) is 0 Å². The molecular formula is C20H20ClFN2O6S2. The zero-order valence-corrected chi connectivity index (χ0v) is 19.1. The lowest BCUT2D eigenvalue weighted by molar-refractivity contribution is 0.131. The first kappa shape index (κ1) is 23.0. The van der Waals surface area contributed by atoms with Gasteiger partial charge in [-0.3, -0.25) is 0 Å². The van der Waals surface area contributed by atoms with Crippen LogP contribution in [-0.2, 0) is 32.7 Å². The molecule has 0 spiro atoms. The van der Waals surface area contributed by atoms with Crippen molar-refractivity contribution in [2.45, 2.75) is 46.4 Å². The summed E-state index contributed by atoms with van der Waals surface area (Å²) in [5.41, 5.74) is 0.812. The van der Waals surface area contributed by atoms with Gasteiger partial charge in [-0.05, 0) is 61.1 Å². The Bertz CT molecular complexity index is 1310. The Morgan fingerprint density at radius 2 is 1.72 bits per heavy atom. The van der Waals surface area contributed by atoms with E-state index in [9.17, 15) is 26.0 Å². The summed E-state index contributed by atoms with van der Waals surface area (Å²) in [4.78, 5) is 11.4. The van der Waals surface area contributed by atoms with Gasteiger partial charge in [-0.25, -0.2) is 30.7 Å². The van der Waals surface area contributed by atoms with Gasteiger partial charge in [-0.1, -0.05) is 17.7 Å². The lowest BCUT2D eigenvalue weighted by Gasteiger charge is -2.30. The highest BCUT2D eigenvalue weighted by Gasteiger charge is 2.33. The minimum atomic E-state index is -4.20. The van der Waals surface area contributed by atoms with Crippen molar-refractivity contribution >= 4 is 37.6 Å². The molecule has 0 aromatic heterocycles. The summed E-state index contributed by atoms with van der Waals surface area (Å²) < 4.78 is 68.9. The molecule has 0 unspecified atom stereocenters. The number of benzene rings is 2. The van der Waals surface area contributed by atoms with Crippen LogP contribution in [0.2, 0.25) is 5.02 Å². The van der Waals surface area contributed by atoms with Gasteiger partial charge in [0.1, 0.15) is 10.7 Å². The summed E-state index contributed by atoms with van der Waals surface area (Å²) in [5.74, 6) is -0.702. The number of amides is 1. The summed E-state index contributed by atoms with van der Waals surface area (Å²) in [5, 5.41) is 8.91. The molecular weight excluding hydrogens is 483 g/mol. The number of sulfonamides is 1. The standard InChI is InChI=1S/C20H20ClFN2O6S2/c21-16-9-13-2-1-12-3-4-14(22)10-17(12)31(27,28)18(13)11-19(16)32(29,30)23-15-5-7-24(8-6-15)20(25)26/h3-4,9-11,15,23H,1-2,5-8H2,(H,25,26). The summed E-state index contributed by atoms with van der Waals surface area (Å²) in [6.07, 6.45) is 0.124. The number of carbonyl (C=O) groups is 1. The lowest BCUT2D eigenvalue weighted by Crippen LogP contribution is -2.46. The minimum absolute atomic E-state index is 0.119. The molecule has 2 aromatic carbocycles. The van der Waals surface area contributed by atoms with Crippen LogP contribution < -0.4 is 4.72 Å². The third-order valence-corrected chi connectivity index (χ3v) is 9.67. The maximum absolute atomic E-state index is 13.8. The largest absolute Gasteiger partial charge is 0.465 e. The number of rotatable bonds is 3. The van der Waals surface area contributed by atoms with Crippen LogP contribution >= 0.6 is 11.6 Å². The number of nitrogens with one attached hydrogen (secondary N) is 1. The molecule has 0 radical (unpaired) electrons. The van der Waals surface area contributed by atoms with E-state index in [1.807, 2.05) is 0 Å². The highest BCUT2D eigenvalue weighted by molar-refractivity contribution is 7.92. The van der Waals surface area contributed by atoms with Crippen LogP contribution in [0, 0.1) is 5.82 Å². The minimum Gasteiger partial charge on any atom is -0.465 e. The van der Waals surface area contributed by atoms with Gasteiger partial charge in [0.2, 0.25) is 19.9 Å². The first-order valence-electron chi connectivity index (χ1n) is 9.85. The lowest BCUT2D eigenvalue weighted by atomic mass is 10.0. The molecule has 2 N–H and O–H groups in total. The van der Waals surface area contributed by atoms with Gasteiger partial charge in [0.15, 0.2) is 0 Å². The Morgan fingerprint density at radius 3 is 2.38 bits per heavy atom. The van der Waals surface area contributed by atoms with E-state index in [0.29, 0.717) is 24.0 Å². The Balaban J connectivity index is 1.70. The average molecular weight is 503 g/mol. The fourth-order valence-electron chi connectivity index (χ4n) is 4.07. The van der Waals surface area contributed by atoms with Gasteiger partial charge < -0.3 is 10.0 Å². The highest BCUT2D eigenvalue weighted by atomic mass is 35.5. The van der Waals surface area contributed by atoms with Crippen molar-refractivity contribution in [3.05, 3.63) is 52.3 Å². The third kappa shape index (κ3) is 4.21. The van der Waals surface area contributed by atoms with E-state index in [0.717, 1.165) is 12.1 Å². The van der Waals surface area contributed by atoms with Crippen LogP contribution in [-0.4, -0.2) is 52.1 Å². The van der Waals surface area contributed by atoms with E-state index >= 15 is 0 Å². The molecule has 2 aliphatic rings.